The molecule has 0 spiro atoms. The number of carbonyl (C=O) groups is 1. The average molecular weight is 487 g/mol. The summed E-state index contributed by atoms with van der Waals surface area (Å²) in [6.07, 6.45) is 0. The van der Waals surface area contributed by atoms with Crippen molar-refractivity contribution >= 4 is 60.9 Å². The number of nitrogens with zero attached hydrogens (tertiary/aromatic N) is 3. The minimum absolute atomic E-state index is 0. The van der Waals surface area contributed by atoms with Gasteiger partial charge in [-0.05, 0) is 72.2 Å². The lowest BCUT2D eigenvalue weighted by molar-refractivity contribution is 0.0956. The van der Waals surface area contributed by atoms with Crippen molar-refractivity contribution in [1.29, 1.82) is 0 Å². The van der Waals surface area contributed by atoms with Gasteiger partial charge in [-0.25, -0.2) is 4.98 Å². The first kappa shape index (κ1) is 22.9. The number of aryl methyl sites for hydroxylation is 2. The quantitative estimate of drug-likeness (QED) is 0.431. The van der Waals surface area contributed by atoms with Gasteiger partial charge in [0.05, 0.1) is 10.2 Å². The Kier molecular flexibility index (Phi) is 8.07. The maximum atomic E-state index is 13.1. The van der Waals surface area contributed by atoms with E-state index in [1.807, 2.05) is 0 Å². The number of amides is 1. The summed E-state index contributed by atoms with van der Waals surface area (Å²) in [5, 5.41) is 0.711. The van der Waals surface area contributed by atoms with E-state index < -0.39 is 0 Å². The summed E-state index contributed by atoms with van der Waals surface area (Å²) in [6, 6.07) is 7.65. The molecule has 2 heterocycles. The van der Waals surface area contributed by atoms with Gasteiger partial charge >= 0.3 is 0 Å². The van der Waals surface area contributed by atoms with Crippen LogP contribution >= 0.6 is 39.7 Å². The molecule has 0 bridgehead atoms. The number of likely N-dealkylation sites (N-methyl/N-ethyl adjacent to an activating group) is 1. The molecule has 1 aromatic carbocycles. The first-order chi connectivity index (χ1) is 12.9. The number of thiazole rings is 1. The van der Waals surface area contributed by atoms with Gasteiger partial charge in [0, 0.05) is 13.1 Å². The summed E-state index contributed by atoms with van der Waals surface area (Å²) in [6.45, 7) is 11.7. The zero-order chi connectivity index (χ0) is 19.6. The van der Waals surface area contributed by atoms with Gasteiger partial charge in [0.15, 0.2) is 15.6 Å². The summed E-state index contributed by atoms with van der Waals surface area (Å²) >= 11 is 4.84. The van der Waals surface area contributed by atoms with E-state index in [9.17, 15) is 4.79 Å². The van der Waals surface area contributed by atoms with Crippen LogP contribution in [-0.4, -0.2) is 42.0 Å². The number of hydrogen-bond acceptors (Lipinski definition) is 5. The van der Waals surface area contributed by atoms with E-state index in [-0.39, 0.29) is 18.3 Å². The Balaban J connectivity index is 0.00000280. The third-order valence-corrected chi connectivity index (χ3v) is 6.26. The molecule has 0 N–H and O–H groups in total. The highest BCUT2D eigenvalue weighted by Gasteiger charge is 2.24. The number of benzene rings is 1. The molecule has 0 saturated heterocycles. The van der Waals surface area contributed by atoms with Gasteiger partial charge in [-0.3, -0.25) is 9.69 Å². The van der Waals surface area contributed by atoms with E-state index in [4.69, 9.17) is 9.40 Å². The number of furan rings is 1. The molecule has 0 radical (unpaired) electrons. The Morgan fingerprint density at radius 2 is 1.89 bits per heavy atom. The van der Waals surface area contributed by atoms with Crippen molar-refractivity contribution in [3.63, 3.8) is 0 Å². The number of carbonyl (C=O) groups excluding carboxylic acids is 1. The summed E-state index contributed by atoms with van der Waals surface area (Å²) in [7, 11) is 0. The molecule has 0 aliphatic rings. The maximum Gasteiger partial charge on any atom is 0.295 e. The van der Waals surface area contributed by atoms with Crippen LogP contribution in [0.2, 0.25) is 0 Å². The molecule has 5 nitrogen and oxygen atoms in total. The normalized spacial score (nSPS) is 11.1. The number of aromatic nitrogens is 1. The average Bonchev–Trinajstić information content (AvgIpc) is 3.25. The Morgan fingerprint density at radius 1 is 1.18 bits per heavy atom. The van der Waals surface area contributed by atoms with Crippen LogP contribution in [-0.2, 0) is 0 Å². The number of halogens is 2. The SMILES string of the molecule is CCN(CC)CCN(C(=O)c1ccc(Br)o1)c1nc2cc(C)cc(C)c2s1.Cl. The zero-order valence-corrected chi connectivity index (χ0v) is 19.7. The highest BCUT2D eigenvalue weighted by molar-refractivity contribution is 9.10. The van der Waals surface area contributed by atoms with Gasteiger partial charge in [-0.2, -0.15) is 0 Å². The molecular formula is C20H25BrClN3O2S. The summed E-state index contributed by atoms with van der Waals surface area (Å²) in [5.74, 6) is 0.148. The van der Waals surface area contributed by atoms with Crippen LogP contribution in [0.4, 0.5) is 5.13 Å². The molecule has 8 heteroatoms. The van der Waals surface area contributed by atoms with E-state index in [0.717, 1.165) is 29.9 Å². The molecule has 3 aromatic rings. The van der Waals surface area contributed by atoms with Gasteiger partial charge in [0.25, 0.3) is 5.91 Å². The topological polar surface area (TPSA) is 49.6 Å². The van der Waals surface area contributed by atoms with Crippen LogP contribution in [0.25, 0.3) is 10.2 Å². The van der Waals surface area contributed by atoms with Crippen molar-refractivity contribution in [1.82, 2.24) is 9.88 Å². The second-order valence-corrected chi connectivity index (χ2v) is 8.27. The largest absolute Gasteiger partial charge is 0.444 e. The molecule has 0 aliphatic heterocycles. The third kappa shape index (κ3) is 4.95. The summed E-state index contributed by atoms with van der Waals surface area (Å²) in [5.41, 5.74) is 3.30. The summed E-state index contributed by atoms with van der Waals surface area (Å²) in [4.78, 5) is 21.9. The fourth-order valence-electron chi connectivity index (χ4n) is 3.11. The van der Waals surface area contributed by atoms with Crippen molar-refractivity contribution in [2.75, 3.05) is 31.1 Å². The van der Waals surface area contributed by atoms with Crippen molar-refractivity contribution in [2.45, 2.75) is 27.7 Å². The number of anilines is 1. The standard InChI is InChI=1S/C20H24BrN3O2S.ClH/c1-5-23(6-2)9-10-24(19(25)16-7-8-17(21)26-16)20-22-15-12-13(3)11-14(4)18(15)27-20;/h7-8,11-12H,5-6,9-10H2,1-4H3;1H. The van der Waals surface area contributed by atoms with Crippen LogP contribution in [0, 0.1) is 13.8 Å². The molecule has 152 valence electrons. The fraction of sp³-hybridized carbons (Fsp3) is 0.400. The van der Waals surface area contributed by atoms with Gasteiger partial charge in [-0.15, -0.1) is 12.4 Å². The molecule has 3 rings (SSSR count). The Labute approximate surface area is 184 Å². The van der Waals surface area contributed by atoms with Gasteiger partial charge in [-0.1, -0.05) is 31.3 Å². The first-order valence-corrected chi connectivity index (χ1v) is 10.7. The van der Waals surface area contributed by atoms with Crippen molar-refractivity contribution in [2.24, 2.45) is 0 Å². The first-order valence-electron chi connectivity index (χ1n) is 9.10. The highest BCUT2D eigenvalue weighted by atomic mass is 79.9. The van der Waals surface area contributed by atoms with Crippen LogP contribution in [0.1, 0.15) is 35.5 Å². The molecule has 0 unspecified atom stereocenters. The molecule has 2 aromatic heterocycles. The molecule has 0 aliphatic carbocycles. The van der Waals surface area contributed by atoms with E-state index in [1.54, 1.807) is 28.4 Å². The van der Waals surface area contributed by atoms with E-state index in [1.165, 1.54) is 11.1 Å². The number of fused-ring (bicyclic) bond motifs is 1. The summed E-state index contributed by atoms with van der Waals surface area (Å²) < 4.78 is 7.18. The molecule has 0 fully saturated rings. The number of hydrogen-bond donors (Lipinski definition) is 0. The Morgan fingerprint density at radius 3 is 2.50 bits per heavy atom. The minimum atomic E-state index is -0.165. The van der Waals surface area contributed by atoms with Crippen molar-refractivity contribution in [3.05, 3.63) is 45.8 Å². The lowest BCUT2D eigenvalue weighted by Crippen LogP contribution is -2.38. The van der Waals surface area contributed by atoms with Crippen LogP contribution < -0.4 is 4.90 Å². The van der Waals surface area contributed by atoms with Gasteiger partial charge in [0.1, 0.15) is 0 Å². The smallest absolute Gasteiger partial charge is 0.295 e. The number of rotatable bonds is 7. The second kappa shape index (κ2) is 9.87. The zero-order valence-electron chi connectivity index (χ0n) is 16.5. The molecule has 0 atom stereocenters. The van der Waals surface area contributed by atoms with Crippen molar-refractivity contribution in [3.8, 4) is 0 Å². The van der Waals surface area contributed by atoms with Crippen LogP contribution in [0.15, 0.2) is 33.4 Å². The van der Waals surface area contributed by atoms with Gasteiger partial charge < -0.3 is 9.32 Å². The van der Waals surface area contributed by atoms with Gasteiger partial charge in [0.2, 0.25) is 0 Å². The monoisotopic (exact) mass is 485 g/mol. The second-order valence-electron chi connectivity index (χ2n) is 6.51. The predicted molar refractivity (Wildman–Crippen MR) is 122 cm³/mol. The van der Waals surface area contributed by atoms with Crippen LogP contribution in [0.3, 0.4) is 0 Å². The fourth-order valence-corrected chi connectivity index (χ4v) is 4.45. The lowest BCUT2D eigenvalue weighted by Gasteiger charge is -2.24. The van der Waals surface area contributed by atoms with E-state index in [0.29, 0.717) is 22.1 Å². The lowest BCUT2D eigenvalue weighted by atomic mass is 10.1. The molecule has 28 heavy (non-hydrogen) atoms. The van der Waals surface area contributed by atoms with Crippen molar-refractivity contribution < 1.29 is 9.21 Å². The Hall–Kier alpha value is -1.41. The molecule has 1 amide bonds. The highest BCUT2D eigenvalue weighted by Crippen LogP contribution is 2.33. The van der Waals surface area contributed by atoms with Crippen LogP contribution in [0.5, 0.6) is 0 Å². The van der Waals surface area contributed by atoms with E-state index >= 15 is 0 Å². The maximum absolute atomic E-state index is 13.1. The molecule has 0 saturated carbocycles. The minimum Gasteiger partial charge on any atom is -0.444 e. The van der Waals surface area contributed by atoms with E-state index in [2.05, 4.69) is 60.7 Å². The predicted octanol–water partition coefficient (Wildman–Crippen LogP) is 5.68. The third-order valence-electron chi connectivity index (χ3n) is 4.60. The Bertz CT molecular complexity index is 952. The molecular weight excluding hydrogens is 462 g/mol.